The summed E-state index contributed by atoms with van der Waals surface area (Å²) in [7, 11) is 0. The van der Waals surface area contributed by atoms with Crippen LogP contribution >= 0.6 is 0 Å². The first-order valence-electron chi connectivity index (χ1n) is 13.6. The number of aryl methyl sites for hydroxylation is 2. The molecule has 1 atom stereocenters. The van der Waals surface area contributed by atoms with Crippen molar-refractivity contribution in [2.75, 3.05) is 31.1 Å². The van der Waals surface area contributed by atoms with Crippen LogP contribution < -0.4 is 10.2 Å². The van der Waals surface area contributed by atoms with Gasteiger partial charge in [0, 0.05) is 51.1 Å². The minimum Gasteiger partial charge on any atom is -0.468 e. The molecule has 9 heteroatoms. The largest absolute Gasteiger partial charge is 0.468 e. The maximum absolute atomic E-state index is 12.9. The van der Waals surface area contributed by atoms with Crippen LogP contribution in [0, 0.1) is 5.92 Å². The molecule has 1 unspecified atom stereocenters. The van der Waals surface area contributed by atoms with Gasteiger partial charge >= 0.3 is 0 Å². The number of anilines is 1. The van der Waals surface area contributed by atoms with Gasteiger partial charge in [-0.25, -0.2) is 15.0 Å². The van der Waals surface area contributed by atoms with E-state index in [4.69, 9.17) is 9.40 Å². The van der Waals surface area contributed by atoms with Gasteiger partial charge in [-0.2, -0.15) is 0 Å². The molecule has 1 N–H and O–H groups in total. The molecule has 0 aliphatic carbocycles. The average Bonchev–Trinajstić information content (AvgIpc) is 3.48. The average molecular weight is 494 g/mol. The minimum atomic E-state index is 0.0411. The van der Waals surface area contributed by atoms with E-state index in [1.807, 2.05) is 12.1 Å². The minimum absolute atomic E-state index is 0.0411. The number of aromatic nitrogens is 4. The van der Waals surface area contributed by atoms with E-state index in [2.05, 4.69) is 43.5 Å². The number of nitrogens with one attached hydrogen (secondary N) is 1. The quantitative estimate of drug-likeness (QED) is 0.485. The Balaban J connectivity index is 1.15. The molecule has 1 saturated heterocycles. The van der Waals surface area contributed by atoms with Gasteiger partial charge in [0.15, 0.2) is 17.0 Å². The van der Waals surface area contributed by atoms with Gasteiger partial charge in [0.1, 0.15) is 17.9 Å². The molecule has 2 aliphatic heterocycles. The molecular formula is C27H39N7O2. The van der Waals surface area contributed by atoms with Crippen molar-refractivity contribution in [1.29, 1.82) is 0 Å². The fraction of sp³-hybridized carbons (Fsp3) is 0.630. The number of amides is 1. The van der Waals surface area contributed by atoms with Crippen molar-refractivity contribution in [2.45, 2.75) is 77.9 Å². The molecule has 36 heavy (non-hydrogen) atoms. The third-order valence-electron chi connectivity index (χ3n) is 7.89. The van der Waals surface area contributed by atoms with Crippen LogP contribution in [0.5, 0.6) is 0 Å². The molecular weight excluding hydrogens is 454 g/mol. The lowest BCUT2D eigenvalue weighted by Gasteiger charge is -2.32. The number of furan rings is 1. The Morgan fingerprint density at radius 3 is 2.86 bits per heavy atom. The van der Waals surface area contributed by atoms with E-state index in [0.29, 0.717) is 12.6 Å². The number of rotatable bonds is 9. The highest BCUT2D eigenvalue weighted by Crippen LogP contribution is 2.29. The van der Waals surface area contributed by atoms with E-state index in [1.165, 1.54) is 19.3 Å². The van der Waals surface area contributed by atoms with Crippen LogP contribution in [0.3, 0.4) is 0 Å². The molecule has 0 spiro atoms. The highest BCUT2D eigenvalue weighted by Gasteiger charge is 2.28. The third-order valence-corrected chi connectivity index (χ3v) is 7.89. The maximum Gasteiger partial charge on any atom is 0.223 e. The van der Waals surface area contributed by atoms with E-state index in [9.17, 15) is 4.79 Å². The van der Waals surface area contributed by atoms with E-state index >= 15 is 0 Å². The fourth-order valence-electron chi connectivity index (χ4n) is 5.49. The molecule has 1 fully saturated rings. The summed E-state index contributed by atoms with van der Waals surface area (Å²) in [5.74, 6) is 3.22. The first-order chi connectivity index (χ1) is 17.6. The summed E-state index contributed by atoms with van der Waals surface area (Å²) in [6, 6.07) is 4.36. The predicted octanol–water partition coefficient (Wildman–Crippen LogP) is 3.78. The summed E-state index contributed by atoms with van der Waals surface area (Å²) in [5, 5.41) is 3.19. The van der Waals surface area contributed by atoms with Crippen molar-refractivity contribution in [2.24, 2.45) is 5.92 Å². The van der Waals surface area contributed by atoms with Crippen LogP contribution in [-0.2, 0) is 24.3 Å². The number of hydrogen-bond acceptors (Lipinski definition) is 7. The molecule has 0 aromatic carbocycles. The standard InChI is InChI=1S/C27H39N7O2/c1-3-20(2)33(18-22-8-7-17-36-22)16-12-28-27(35)21-10-14-32(15-11-21)25-24-26(30-19-29-25)34-13-6-4-5-9-23(34)31-24/h7-8,17,19-21H,3-6,9-16,18H2,1-2H3,(H,28,35). The van der Waals surface area contributed by atoms with Crippen LogP contribution in [-0.4, -0.2) is 62.5 Å². The number of fused-ring (bicyclic) bond motifs is 3. The fourth-order valence-corrected chi connectivity index (χ4v) is 5.49. The van der Waals surface area contributed by atoms with Crippen LogP contribution in [0.2, 0.25) is 0 Å². The summed E-state index contributed by atoms with van der Waals surface area (Å²) < 4.78 is 7.82. The summed E-state index contributed by atoms with van der Waals surface area (Å²) in [4.78, 5) is 31.7. The molecule has 3 aromatic heterocycles. The van der Waals surface area contributed by atoms with Gasteiger partial charge < -0.3 is 19.2 Å². The molecule has 0 bridgehead atoms. The summed E-state index contributed by atoms with van der Waals surface area (Å²) in [6.07, 6.45) is 10.7. The van der Waals surface area contributed by atoms with E-state index in [-0.39, 0.29) is 11.8 Å². The lowest BCUT2D eigenvalue weighted by Crippen LogP contribution is -2.44. The smallest absolute Gasteiger partial charge is 0.223 e. The molecule has 1 amide bonds. The molecule has 0 saturated carbocycles. The summed E-state index contributed by atoms with van der Waals surface area (Å²) >= 11 is 0. The Kier molecular flexibility index (Phi) is 7.84. The van der Waals surface area contributed by atoms with Crippen molar-refractivity contribution in [3.63, 3.8) is 0 Å². The van der Waals surface area contributed by atoms with Crippen LogP contribution in [0.25, 0.3) is 11.2 Å². The van der Waals surface area contributed by atoms with Gasteiger partial charge in [0.2, 0.25) is 5.91 Å². The lowest BCUT2D eigenvalue weighted by atomic mass is 9.96. The Labute approximate surface area is 213 Å². The highest BCUT2D eigenvalue weighted by molar-refractivity contribution is 5.84. The topological polar surface area (TPSA) is 92.3 Å². The van der Waals surface area contributed by atoms with Gasteiger partial charge in [-0.3, -0.25) is 9.69 Å². The van der Waals surface area contributed by atoms with E-state index < -0.39 is 0 Å². The number of nitrogens with zero attached hydrogens (tertiary/aromatic N) is 6. The van der Waals surface area contributed by atoms with E-state index in [1.54, 1.807) is 12.6 Å². The summed E-state index contributed by atoms with van der Waals surface area (Å²) in [5.41, 5.74) is 1.87. The zero-order valence-electron chi connectivity index (χ0n) is 21.7. The van der Waals surface area contributed by atoms with Crippen LogP contribution in [0.15, 0.2) is 29.1 Å². The second-order valence-corrected chi connectivity index (χ2v) is 10.2. The Morgan fingerprint density at radius 1 is 1.22 bits per heavy atom. The number of carbonyl (C=O) groups excluding carboxylic acids is 1. The zero-order chi connectivity index (χ0) is 24.9. The van der Waals surface area contributed by atoms with Gasteiger partial charge in [-0.1, -0.05) is 13.3 Å². The maximum atomic E-state index is 12.9. The molecule has 0 radical (unpaired) electrons. The zero-order valence-corrected chi connectivity index (χ0v) is 21.7. The van der Waals surface area contributed by atoms with Crippen molar-refractivity contribution in [1.82, 2.24) is 29.7 Å². The van der Waals surface area contributed by atoms with Crippen molar-refractivity contribution >= 4 is 22.9 Å². The number of carbonyl (C=O) groups is 1. The Hall–Kier alpha value is -2.94. The second kappa shape index (κ2) is 11.4. The first-order valence-corrected chi connectivity index (χ1v) is 13.6. The monoisotopic (exact) mass is 493 g/mol. The normalized spacial score (nSPS) is 17.8. The van der Waals surface area contributed by atoms with Gasteiger partial charge in [0.25, 0.3) is 0 Å². The molecule has 5 rings (SSSR count). The molecule has 9 nitrogen and oxygen atoms in total. The predicted molar refractivity (Wildman–Crippen MR) is 140 cm³/mol. The Bertz CT molecular complexity index is 1130. The van der Waals surface area contributed by atoms with Gasteiger partial charge in [-0.15, -0.1) is 0 Å². The highest BCUT2D eigenvalue weighted by atomic mass is 16.3. The van der Waals surface area contributed by atoms with Crippen molar-refractivity contribution in [3.05, 3.63) is 36.3 Å². The SMILES string of the molecule is CCC(C)N(CCNC(=O)C1CCN(c2ncnc3c2nc2n3CCCCC2)CC1)Cc1ccco1. The molecule has 5 heterocycles. The molecule has 2 aliphatic rings. The van der Waals surface area contributed by atoms with Crippen molar-refractivity contribution in [3.8, 4) is 0 Å². The Morgan fingerprint density at radius 2 is 2.08 bits per heavy atom. The van der Waals surface area contributed by atoms with Crippen LogP contribution in [0.1, 0.15) is 64.0 Å². The lowest BCUT2D eigenvalue weighted by molar-refractivity contribution is -0.125. The van der Waals surface area contributed by atoms with Crippen LogP contribution in [0.4, 0.5) is 5.82 Å². The van der Waals surface area contributed by atoms with Gasteiger partial charge in [-0.05, 0) is 51.2 Å². The second-order valence-electron chi connectivity index (χ2n) is 10.2. The number of hydrogen-bond donors (Lipinski definition) is 1. The van der Waals surface area contributed by atoms with Crippen molar-refractivity contribution < 1.29 is 9.21 Å². The molecule has 194 valence electrons. The molecule has 3 aromatic rings. The first kappa shape index (κ1) is 24.7. The van der Waals surface area contributed by atoms with Gasteiger partial charge in [0.05, 0.1) is 12.8 Å². The number of imidazole rings is 1. The third kappa shape index (κ3) is 5.40. The van der Waals surface area contributed by atoms with E-state index in [0.717, 1.165) is 87.0 Å². The summed E-state index contributed by atoms with van der Waals surface area (Å²) in [6.45, 7) is 9.25. The number of piperidine rings is 1.